The lowest BCUT2D eigenvalue weighted by Crippen LogP contribution is -2.18. The van der Waals surface area contributed by atoms with Crippen molar-refractivity contribution in [2.75, 3.05) is 17.8 Å². The van der Waals surface area contributed by atoms with Crippen molar-refractivity contribution in [2.24, 2.45) is 4.99 Å². The number of rotatable bonds is 9. The summed E-state index contributed by atoms with van der Waals surface area (Å²) in [5.41, 5.74) is 3.02. The Bertz CT molecular complexity index is 1180. The molecule has 5 nitrogen and oxygen atoms in total. The van der Waals surface area contributed by atoms with Gasteiger partial charge in [0.1, 0.15) is 0 Å². The van der Waals surface area contributed by atoms with Crippen LogP contribution in [0.2, 0.25) is 0 Å². The van der Waals surface area contributed by atoms with Gasteiger partial charge in [0.05, 0.1) is 21.7 Å². The smallest absolute Gasteiger partial charge is 0.248 e. The summed E-state index contributed by atoms with van der Waals surface area (Å²) in [6.07, 6.45) is 2.47. The number of benzene rings is 2. The van der Waals surface area contributed by atoms with Crippen molar-refractivity contribution in [3.05, 3.63) is 64.5 Å². The summed E-state index contributed by atoms with van der Waals surface area (Å²) in [5.74, 6) is 0.648. The molecule has 1 heterocycles. The third-order valence-corrected chi connectivity index (χ3v) is 7.97. The van der Waals surface area contributed by atoms with E-state index in [0.29, 0.717) is 4.80 Å². The first-order valence-electron chi connectivity index (χ1n) is 9.79. The maximum atomic E-state index is 12.5. The summed E-state index contributed by atoms with van der Waals surface area (Å²) >= 11 is 3.25. The summed E-state index contributed by atoms with van der Waals surface area (Å²) in [7, 11) is -3.25. The van der Waals surface area contributed by atoms with Crippen LogP contribution in [0.15, 0.2) is 53.5 Å². The molecule has 0 bridgehead atoms. The van der Waals surface area contributed by atoms with Crippen LogP contribution in [0.1, 0.15) is 24.0 Å². The molecule has 3 rings (SSSR count). The Morgan fingerprint density at radius 1 is 1.17 bits per heavy atom. The molecule has 0 aliphatic carbocycles. The first-order valence-corrected chi connectivity index (χ1v) is 13.8. The molecule has 0 unspecified atom stereocenters. The predicted octanol–water partition coefficient (Wildman–Crippen LogP) is 4.20. The van der Waals surface area contributed by atoms with Crippen LogP contribution in [-0.4, -0.2) is 36.7 Å². The highest BCUT2D eigenvalue weighted by molar-refractivity contribution is 7.98. The van der Waals surface area contributed by atoms with Gasteiger partial charge in [-0.2, -0.15) is 16.8 Å². The van der Waals surface area contributed by atoms with Gasteiger partial charge < -0.3 is 4.57 Å². The number of sulfone groups is 1. The van der Waals surface area contributed by atoms with Crippen LogP contribution in [0.25, 0.3) is 10.2 Å². The molecule has 0 saturated heterocycles. The number of amides is 1. The first kappa shape index (κ1) is 22.8. The van der Waals surface area contributed by atoms with Crippen LogP contribution in [0.4, 0.5) is 0 Å². The molecule has 2 aromatic carbocycles. The Morgan fingerprint density at radius 2 is 1.93 bits per heavy atom. The van der Waals surface area contributed by atoms with Gasteiger partial charge in [-0.1, -0.05) is 47.7 Å². The second-order valence-corrected chi connectivity index (χ2v) is 11.4. The normalized spacial score (nSPS) is 12.5. The second kappa shape index (κ2) is 10.4. The van der Waals surface area contributed by atoms with Gasteiger partial charge in [-0.15, -0.1) is 0 Å². The molecule has 0 saturated carbocycles. The van der Waals surface area contributed by atoms with E-state index in [1.54, 1.807) is 23.9 Å². The number of carbonyl (C=O) groups is 1. The highest BCUT2D eigenvalue weighted by atomic mass is 32.2. The van der Waals surface area contributed by atoms with Gasteiger partial charge in [0, 0.05) is 18.7 Å². The number of nitrogens with zero attached hydrogens (tertiary/aromatic N) is 2. The number of fused-ring (bicyclic) bond motifs is 1. The molecule has 0 aliphatic rings. The number of thiazole rings is 1. The van der Waals surface area contributed by atoms with Gasteiger partial charge in [-0.25, -0.2) is 8.42 Å². The van der Waals surface area contributed by atoms with Gasteiger partial charge in [0.15, 0.2) is 14.6 Å². The van der Waals surface area contributed by atoms with Crippen molar-refractivity contribution < 1.29 is 13.2 Å². The molecule has 0 atom stereocenters. The van der Waals surface area contributed by atoms with Gasteiger partial charge in [0.2, 0.25) is 5.91 Å². The summed E-state index contributed by atoms with van der Waals surface area (Å²) in [6, 6.07) is 15.3. The van der Waals surface area contributed by atoms with E-state index < -0.39 is 9.84 Å². The zero-order valence-corrected chi connectivity index (χ0v) is 19.7. The maximum Gasteiger partial charge on any atom is 0.248 e. The van der Waals surface area contributed by atoms with Gasteiger partial charge in [0.25, 0.3) is 0 Å². The monoisotopic (exact) mass is 462 g/mol. The minimum atomic E-state index is -3.25. The van der Waals surface area contributed by atoms with Crippen molar-refractivity contribution in [1.82, 2.24) is 4.57 Å². The Balaban J connectivity index is 1.69. The molecule has 1 aromatic heterocycles. The fourth-order valence-corrected chi connectivity index (χ4v) is 6.14. The summed E-state index contributed by atoms with van der Waals surface area (Å²) < 4.78 is 27.8. The number of aromatic nitrogens is 1. The fraction of sp³-hybridized carbons (Fsp3) is 0.364. The molecule has 0 radical (unpaired) electrons. The molecule has 30 heavy (non-hydrogen) atoms. The van der Waals surface area contributed by atoms with Gasteiger partial charge in [-0.3, -0.25) is 4.79 Å². The molecular formula is C22H26N2O3S3. The average molecular weight is 463 g/mol. The molecule has 0 fully saturated rings. The van der Waals surface area contributed by atoms with E-state index in [4.69, 9.17) is 0 Å². The van der Waals surface area contributed by atoms with Crippen molar-refractivity contribution in [3.63, 3.8) is 0 Å². The number of hydrogen-bond donors (Lipinski definition) is 0. The zero-order chi connectivity index (χ0) is 21.6. The van der Waals surface area contributed by atoms with Crippen LogP contribution in [0.5, 0.6) is 0 Å². The Hall–Kier alpha value is -1.90. The van der Waals surface area contributed by atoms with E-state index in [-0.39, 0.29) is 30.3 Å². The van der Waals surface area contributed by atoms with E-state index in [1.807, 2.05) is 25.1 Å². The van der Waals surface area contributed by atoms with Crippen molar-refractivity contribution in [2.45, 2.75) is 32.1 Å². The minimum Gasteiger partial charge on any atom is -0.316 e. The summed E-state index contributed by atoms with van der Waals surface area (Å²) in [5, 5.41) is 0. The lowest BCUT2D eigenvalue weighted by molar-refractivity contribution is -0.118. The van der Waals surface area contributed by atoms with E-state index in [2.05, 4.69) is 34.0 Å². The lowest BCUT2D eigenvalue weighted by atomic mass is 10.2. The van der Waals surface area contributed by atoms with Crippen LogP contribution in [-0.2, 0) is 26.9 Å². The summed E-state index contributed by atoms with van der Waals surface area (Å²) in [6.45, 7) is 2.82. The highest BCUT2D eigenvalue weighted by Gasteiger charge is 2.13. The maximum absolute atomic E-state index is 12.5. The predicted molar refractivity (Wildman–Crippen MR) is 127 cm³/mol. The fourth-order valence-electron chi connectivity index (χ4n) is 3.17. The van der Waals surface area contributed by atoms with Crippen LogP contribution >= 0.6 is 23.1 Å². The van der Waals surface area contributed by atoms with Crippen molar-refractivity contribution in [1.29, 1.82) is 0 Å². The number of thioether (sulfide) groups is 1. The van der Waals surface area contributed by atoms with Gasteiger partial charge in [-0.05, 0) is 42.9 Å². The zero-order valence-electron chi connectivity index (χ0n) is 17.2. The molecule has 3 aromatic rings. The molecule has 0 spiro atoms. The standard InChI is InChI=1S/C22H26N2O3S3/c1-17-10-11-19-20(15-17)29-22(24(19)12-13-28-2)23-21(25)9-6-14-30(26,27)16-18-7-4-3-5-8-18/h3-5,7-8,10-11,15H,6,9,12-14,16H2,1-2H3. The van der Waals surface area contributed by atoms with Crippen LogP contribution < -0.4 is 4.80 Å². The lowest BCUT2D eigenvalue weighted by Gasteiger charge is -2.04. The third-order valence-electron chi connectivity index (χ3n) is 4.65. The number of aryl methyl sites for hydroxylation is 2. The SMILES string of the molecule is CSCCn1c(=NC(=O)CCCS(=O)(=O)Cc2ccccc2)sc2cc(C)ccc21. The quantitative estimate of drug-likeness (QED) is 0.478. The van der Waals surface area contributed by atoms with E-state index in [0.717, 1.165) is 28.1 Å². The third kappa shape index (κ3) is 6.30. The summed E-state index contributed by atoms with van der Waals surface area (Å²) in [4.78, 5) is 17.5. The van der Waals surface area contributed by atoms with E-state index in [1.165, 1.54) is 16.9 Å². The molecule has 0 aliphatic heterocycles. The Morgan fingerprint density at radius 3 is 2.67 bits per heavy atom. The number of carbonyl (C=O) groups excluding carboxylic acids is 1. The number of hydrogen-bond acceptors (Lipinski definition) is 5. The molecule has 1 amide bonds. The average Bonchev–Trinajstić information content (AvgIpc) is 3.02. The van der Waals surface area contributed by atoms with Crippen molar-refractivity contribution >= 4 is 49.1 Å². The van der Waals surface area contributed by atoms with Crippen molar-refractivity contribution in [3.8, 4) is 0 Å². The molecule has 160 valence electrons. The molecule has 0 N–H and O–H groups in total. The van der Waals surface area contributed by atoms with Gasteiger partial charge >= 0.3 is 0 Å². The Kier molecular flexibility index (Phi) is 7.91. The second-order valence-electron chi connectivity index (χ2n) is 7.19. The first-order chi connectivity index (χ1) is 14.4. The van der Waals surface area contributed by atoms with E-state index in [9.17, 15) is 13.2 Å². The Labute approximate surface area is 185 Å². The topological polar surface area (TPSA) is 68.5 Å². The minimum absolute atomic E-state index is 0.00349. The van der Waals surface area contributed by atoms with Crippen LogP contribution in [0.3, 0.4) is 0 Å². The van der Waals surface area contributed by atoms with Crippen LogP contribution in [0, 0.1) is 6.92 Å². The molecule has 8 heteroatoms. The van der Waals surface area contributed by atoms with E-state index >= 15 is 0 Å². The largest absolute Gasteiger partial charge is 0.316 e. The highest BCUT2D eigenvalue weighted by Crippen LogP contribution is 2.19. The molecular weight excluding hydrogens is 436 g/mol.